The van der Waals surface area contributed by atoms with Gasteiger partial charge in [0.1, 0.15) is 12.7 Å². The van der Waals surface area contributed by atoms with Gasteiger partial charge in [0.15, 0.2) is 17.5 Å². The Kier molecular flexibility index (Phi) is 6.51. The Labute approximate surface area is 158 Å². The third-order valence-corrected chi connectivity index (χ3v) is 4.04. The molecule has 7 nitrogen and oxygen atoms in total. The van der Waals surface area contributed by atoms with Crippen LogP contribution in [0.1, 0.15) is 5.56 Å². The van der Waals surface area contributed by atoms with Crippen molar-refractivity contribution in [3.8, 4) is 11.5 Å². The zero-order valence-corrected chi connectivity index (χ0v) is 15.3. The van der Waals surface area contributed by atoms with Crippen molar-refractivity contribution in [3.63, 3.8) is 0 Å². The second-order valence-corrected chi connectivity index (χ2v) is 6.07. The minimum Gasteiger partial charge on any atom is -0.486 e. The number of ether oxygens (including phenoxy) is 2. The first-order valence-corrected chi connectivity index (χ1v) is 8.88. The van der Waals surface area contributed by atoms with Gasteiger partial charge in [0.2, 0.25) is 5.91 Å². The van der Waals surface area contributed by atoms with Gasteiger partial charge in [-0.1, -0.05) is 42.5 Å². The van der Waals surface area contributed by atoms with E-state index >= 15 is 0 Å². The fraction of sp³-hybridized carbons (Fsp3) is 0.300. The van der Waals surface area contributed by atoms with Crippen LogP contribution in [0.4, 0.5) is 0 Å². The molecule has 3 rings (SSSR count). The molecule has 1 unspecified atom stereocenters. The van der Waals surface area contributed by atoms with E-state index in [2.05, 4.69) is 20.9 Å². The van der Waals surface area contributed by atoms with E-state index in [0.717, 1.165) is 17.1 Å². The monoisotopic (exact) mass is 368 g/mol. The van der Waals surface area contributed by atoms with E-state index in [9.17, 15) is 4.79 Å². The second-order valence-electron chi connectivity index (χ2n) is 6.07. The molecule has 7 heteroatoms. The summed E-state index contributed by atoms with van der Waals surface area (Å²) in [4.78, 5) is 16.1. The molecule has 27 heavy (non-hydrogen) atoms. The standard InChI is InChI=1S/C20H24N4O3/c1-21-20(24-13-19(25)22-11-15-7-3-2-4-8-15)23-12-16-14-26-17-9-5-6-10-18(17)27-16/h2-10,16H,11-14H2,1H3,(H,22,25)(H2,21,23,24). The molecule has 0 spiro atoms. The molecule has 0 radical (unpaired) electrons. The maximum Gasteiger partial charge on any atom is 0.239 e. The number of fused-ring (bicyclic) bond motifs is 1. The molecule has 2 aromatic rings. The lowest BCUT2D eigenvalue weighted by atomic mass is 10.2. The third kappa shape index (κ3) is 5.64. The summed E-state index contributed by atoms with van der Waals surface area (Å²) < 4.78 is 11.6. The van der Waals surface area contributed by atoms with Crippen molar-refractivity contribution < 1.29 is 14.3 Å². The molecule has 0 fully saturated rings. The maximum absolute atomic E-state index is 12.0. The fourth-order valence-corrected chi connectivity index (χ4v) is 2.62. The zero-order valence-electron chi connectivity index (χ0n) is 15.3. The summed E-state index contributed by atoms with van der Waals surface area (Å²) in [7, 11) is 1.66. The number of nitrogens with one attached hydrogen (secondary N) is 3. The summed E-state index contributed by atoms with van der Waals surface area (Å²) in [6.07, 6.45) is -0.134. The van der Waals surface area contributed by atoms with Crippen LogP contribution < -0.4 is 25.4 Å². The third-order valence-electron chi connectivity index (χ3n) is 4.04. The van der Waals surface area contributed by atoms with Gasteiger partial charge in [0, 0.05) is 13.6 Å². The molecule has 1 aliphatic heterocycles. The van der Waals surface area contributed by atoms with E-state index in [1.54, 1.807) is 7.05 Å². The van der Waals surface area contributed by atoms with Crippen LogP contribution in [-0.4, -0.2) is 44.7 Å². The van der Waals surface area contributed by atoms with Crippen molar-refractivity contribution in [2.45, 2.75) is 12.6 Å². The average Bonchev–Trinajstić information content (AvgIpc) is 2.73. The first kappa shape index (κ1) is 18.6. The maximum atomic E-state index is 12.0. The van der Waals surface area contributed by atoms with Gasteiger partial charge < -0.3 is 25.4 Å². The van der Waals surface area contributed by atoms with Crippen LogP contribution in [-0.2, 0) is 11.3 Å². The summed E-state index contributed by atoms with van der Waals surface area (Å²) >= 11 is 0. The Bertz CT molecular complexity index is 780. The van der Waals surface area contributed by atoms with E-state index in [0.29, 0.717) is 25.7 Å². The van der Waals surface area contributed by atoms with Gasteiger partial charge in [-0.2, -0.15) is 0 Å². The second kappa shape index (κ2) is 9.47. The van der Waals surface area contributed by atoms with Gasteiger partial charge >= 0.3 is 0 Å². The molecule has 0 aromatic heterocycles. The van der Waals surface area contributed by atoms with Gasteiger partial charge in [0.05, 0.1) is 13.1 Å². The van der Waals surface area contributed by atoms with Crippen LogP contribution in [0.2, 0.25) is 0 Å². The number of para-hydroxylation sites is 2. The van der Waals surface area contributed by atoms with E-state index < -0.39 is 0 Å². The molecule has 0 bridgehead atoms. The first-order chi connectivity index (χ1) is 13.2. The van der Waals surface area contributed by atoms with Crippen LogP contribution in [0.25, 0.3) is 0 Å². The molecular formula is C20H24N4O3. The summed E-state index contributed by atoms with van der Waals surface area (Å²) in [5.41, 5.74) is 1.06. The first-order valence-electron chi connectivity index (χ1n) is 8.88. The predicted molar refractivity (Wildman–Crippen MR) is 104 cm³/mol. The highest BCUT2D eigenvalue weighted by molar-refractivity contribution is 5.86. The average molecular weight is 368 g/mol. The van der Waals surface area contributed by atoms with Crippen molar-refractivity contribution in [2.24, 2.45) is 4.99 Å². The number of amides is 1. The number of aliphatic imine (C=N–C) groups is 1. The van der Waals surface area contributed by atoms with Gasteiger partial charge in [0.25, 0.3) is 0 Å². The summed E-state index contributed by atoms with van der Waals surface area (Å²) in [5.74, 6) is 1.92. The van der Waals surface area contributed by atoms with E-state index in [-0.39, 0.29) is 18.6 Å². The largest absolute Gasteiger partial charge is 0.486 e. The topological polar surface area (TPSA) is 84.0 Å². The molecule has 1 atom stereocenters. The molecule has 1 aliphatic rings. The van der Waals surface area contributed by atoms with Crippen molar-refractivity contribution in [1.29, 1.82) is 0 Å². The number of carbonyl (C=O) groups excluding carboxylic acids is 1. The SMILES string of the molecule is CN=C(NCC(=O)NCc1ccccc1)NCC1COc2ccccc2O1. The Morgan fingerprint density at radius 3 is 2.56 bits per heavy atom. The van der Waals surface area contributed by atoms with Crippen molar-refractivity contribution in [2.75, 3.05) is 26.7 Å². The van der Waals surface area contributed by atoms with Crippen LogP contribution in [0.5, 0.6) is 11.5 Å². The number of carbonyl (C=O) groups is 1. The van der Waals surface area contributed by atoms with E-state index in [1.807, 2.05) is 54.6 Å². The molecule has 2 aromatic carbocycles. The van der Waals surface area contributed by atoms with Gasteiger partial charge in [-0.15, -0.1) is 0 Å². The van der Waals surface area contributed by atoms with Gasteiger partial charge in [-0.25, -0.2) is 0 Å². The smallest absolute Gasteiger partial charge is 0.239 e. The van der Waals surface area contributed by atoms with E-state index in [1.165, 1.54) is 0 Å². The van der Waals surface area contributed by atoms with E-state index in [4.69, 9.17) is 9.47 Å². The Hall–Kier alpha value is -3.22. The minimum absolute atomic E-state index is 0.104. The van der Waals surface area contributed by atoms with Crippen LogP contribution in [0.3, 0.4) is 0 Å². The summed E-state index contributed by atoms with van der Waals surface area (Å²) in [6.45, 7) is 1.61. The van der Waals surface area contributed by atoms with Crippen LogP contribution >= 0.6 is 0 Å². The van der Waals surface area contributed by atoms with Crippen LogP contribution in [0, 0.1) is 0 Å². The minimum atomic E-state index is -0.134. The zero-order chi connectivity index (χ0) is 18.9. The Morgan fingerprint density at radius 1 is 1.04 bits per heavy atom. The summed E-state index contributed by atoms with van der Waals surface area (Å²) in [5, 5.41) is 9.01. The van der Waals surface area contributed by atoms with Gasteiger partial charge in [-0.3, -0.25) is 9.79 Å². The van der Waals surface area contributed by atoms with Gasteiger partial charge in [-0.05, 0) is 17.7 Å². The molecular weight excluding hydrogens is 344 g/mol. The molecule has 0 saturated carbocycles. The predicted octanol–water partition coefficient (Wildman–Crippen LogP) is 1.31. The lowest BCUT2D eigenvalue weighted by Gasteiger charge is -2.27. The number of hydrogen-bond acceptors (Lipinski definition) is 4. The highest BCUT2D eigenvalue weighted by atomic mass is 16.6. The van der Waals surface area contributed by atoms with Crippen molar-refractivity contribution in [3.05, 3.63) is 60.2 Å². The fourth-order valence-electron chi connectivity index (χ4n) is 2.62. The summed E-state index contributed by atoms with van der Waals surface area (Å²) in [6, 6.07) is 17.4. The van der Waals surface area contributed by atoms with Crippen molar-refractivity contribution in [1.82, 2.24) is 16.0 Å². The van der Waals surface area contributed by atoms with Crippen LogP contribution in [0.15, 0.2) is 59.6 Å². The number of benzene rings is 2. The molecule has 1 heterocycles. The molecule has 3 N–H and O–H groups in total. The lowest BCUT2D eigenvalue weighted by molar-refractivity contribution is -0.120. The quantitative estimate of drug-likeness (QED) is 0.529. The lowest BCUT2D eigenvalue weighted by Crippen LogP contribution is -2.47. The number of nitrogens with zero attached hydrogens (tertiary/aromatic N) is 1. The molecule has 1 amide bonds. The Balaban J connectivity index is 1.38. The Morgan fingerprint density at radius 2 is 1.78 bits per heavy atom. The normalized spacial score (nSPS) is 15.7. The number of guanidine groups is 1. The molecule has 142 valence electrons. The van der Waals surface area contributed by atoms with Crippen molar-refractivity contribution >= 4 is 11.9 Å². The number of rotatable bonds is 6. The highest BCUT2D eigenvalue weighted by Crippen LogP contribution is 2.30. The number of hydrogen-bond donors (Lipinski definition) is 3. The molecule has 0 saturated heterocycles. The molecule has 0 aliphatic carbocycles. The highest BCUT2D eigenvalue weighted by Gasteiger charge is 2.20.